The first-order valence-corrected chi connectivity index (χ1v) is 5.58. The van der Waals surface area contributed by atoms with Crippen molar-refractivity contribution in [1.29, 1.82) is 0 Å². The van der Waals surface area contributed by atoms with Gasteiger partial charge in [0.15, 0.2) is 11.7 Å². The van der Waals surface area contributed by atoms with Crippen LogP contribution in [0.25, 0.3) is 0 Å². The Morgan fingerprint density at radius 2 is 1.62 bits per heavy atom. The summed E-state index contributed by atoms with van der Waals surface area (Å²) in [6.45, 7) is 17.2. The Kier molecular flexibility index (Phi) is 4.59. The summed E-state index contributed by atoms with van der Waals surface area (Å²) in [6, 6.07) is -0.276. The Morgan fingerprint density at radius 1 is 1.19 bits per heavy atom. The number of Topliss-reactive ketones (excluding diaryl/α,β-unsaturated/α-hetero) is 1. The van der Waals surface area contributed by atoms with E-state index in [1.165, 1.54) is 0 Å². The molecule has 0 radical (unpaired) electrons. The molecule has 0 rings (SSSR count). The van der Waals surface area contributed by atoms with E-state index < -0.39 is 0 Å². The van der Waals surface area contributed by atoms with Gasteiger partial charge in [-0.15, -0.1) is 0 Å². The van der Waals surface area contributed by atoms with Gasteiger partial charge in [-0.3, -0.25) is 4.79 Å². The van der Waals surface area contributed by atoms with Crippen LogP contribution in [0.2, 0.25) is 0 Å². The molecule has 0 amide bonds. The third-order valence-electron chi connectivity index (χ3n) is 2.01. The van der Waals surface area contributed by atoms with Crippen LogP contribution >= 0.6 is 0 Å². The average molecular weight is 227 g/mol. The molecule has 1 unspecified atom stereocenters. The molecule has 0 aliphatic rings. The molecule has 0 aromatic heterocycles. The van der Waals surface area contributed by atoms with Gasteiger partial charge in [0.2, 0.25) is 0 Å². The van der Waals surface area contributed by atoms with Gasteiger partial charge in [-0.2, -0.15) is 0 Å². The van der Waals surface area contributed by atoms with Crippen molar-refractivity contribution in [3.8, 4) is 0 Å². The van der Waals surface area contributed by atoms with Crippen LogP contribution in [-0.2, 0) is 9.53 Å². The van der Waals surface area contributed by atoms with E-state index in [9.17, 15) is 4.79 Å². The standard InChI is InChI=1S/C13H25NO2/c1-9(15)11(12(3,4)5)14-10(2)16-13(6,7)8/h11,14H,2H2,1,3-8H3. The molecule has 94 valence electrons. The minimum atomic E-state index is -0.302. The van der Waals surface area contributed by atoms with Crippen LogP contribution in [0, 0.1) is 5.41 Å². The van der Waals surface area contributed by atoms with Crippen molar-refractivity contribution < 1.29 is 9.53 Å². The maximum Gasteiger partial charge on any atom is 0.180 e. The predicted molar refractivity (Wildman–Crippen MR) is 67.0 cm³/mol. The Morgan fingerprint density at radius 3 is 1.88 bits per heavy atom. The lowest BCUT2D eigenvalue weighted by atomic mass is 9.84. The van der Waals surface area contributed by atoms with Gasteiger partial charge in [-0.25, -0.2) is 0 Å². The van der Waals surface area contributed by atoms with Crippen molar-refractivity contribution >= 4 is 5.78 Å². The number of hydrogen-bond acceptors (Lipinski definition) is 3. The summed E-state index contributed by atoms with van der Waals surface area (Å²) >= 11 is 0. The normalized spacial score (nSPS) is 14.2. The molecule has 3 heteroatoms. The summed E-state index contributed by atoms with van der Waals surface area (Å²) in [4.78, 5) is 11.5. The van der Waals surface area contributed by atoms with E-state index in [1.54, 1.807) is 6.92 Å². The third-order valence-corrected chi connectivity index (χ3v) is 2.01. The summed E-state index contributed by atoms with van der Waals surface area (Å²) in [5.74, 6) is 0.536. The van der Waals surface area contributed by atoms with Crippen molar-refractivity contribution in [3.63, 3.8) is 0 Å². The summed E-state index contributed by atoms with van der Waals surface area (Å²) in [7, 11) is 0. The molecular formula is C13H25NO2. The van der Waals surface area contributed by atoms with Gasteiger partial charge in [-0.05, 0) is 39.7 Å². The van der Waals surface area contributed by atoms with Gasteiger partial charge in [0.25, 0.3) is 0 Å². The van der Waals surface area contributed by atoms with E-state index in [2.05, 4.69) is 11.9 Å². The van der Waals surface area contributed by atoms with Gasteiger partial charge in [0.05, 0.1) is 6.04 Å². The fourth-order valence-electron chi connectivity index (χ4n) is 1.49. The van der Waals surface area contributed by atoms with E-state index >= 15 is 0 Å². The fraction of sp³-hybridized carbons (Fsp3) is 0.769. The lowest BCUT2D eigenvalue weighted by molar-refractivity contribution is -0.121. The van der Waals surface area contributed by atoms with Crippen molar-refractivity contribution in [3.05, 3.63) is 12.5 Å². The number of carbonyl (C=O) groups excluding carboxylic acids is 1. The third kappa shape index (κ3) is 5.79. The highest BCUT2D eigenvalue weighted by atomic mass is 16.5. The van der Waals surface area contributed by atoms with Crippen molar-refractivity contribution in [2.75, 3.05) is 0 Å². The SMILES string of the molecule is C=C(NC(C(C)=O)C(C)(C)C)OC(C)(C)C. The molecule has 0 fully saturated rings. The lowest BCUT2D eigenvalue weighted by Crippen LogP contribution is -2.46. The van der Waals surface area contributed by atoms with Crippen molar-refractivity contribution in [2.24, 2.45) is 5.41 Å². The quantitative estimate of drug-likeness (QED) is 0.750. The molecular weight excluding hydrogens is 202 g/mol. The molecule has 0 saturated carbocycles. The second-order valence-corrected chi connectivity index (χ2v) is 6.19. The van der Waals surface area contributed by atoms with Crippen LogP contribution in [-0.4, -0.2) is 17.4 Å². The Hall–Kier alpha value is -0.990. The summed E-state index contributed by atoms with van der Waals surface area (Å²) in [5.41, 5.74) is -0.459. The molecule has 0 aromatic rings. The first-order valence-electron chi connectivity index (χ1n) is 5.58. The molecule has 1 atom stereocenters. The first-order chi connectivity index (χ1) is 6.93. The summed E-state index contributed by atoms with van der Waals surface area (Å²) < 4.78 is 5.56. The second kappa shape index (κ2) is 4.89. The number of nitrogens with one attached hydrogen (secondary N) is 1. The predicted octanol–water partition coefficient (Wildman–Crippen LogP) is 2.87. The van der Waals surface area contributed by atoms with E-state index in [0.29, 0.717) is 5.88 Å². The van der Waals surface area contributed by atoms with Crippen LogP contribution in [0.15, 0.2) is 12.5 Å². The van der Waals surface area contributed by atoms with Gasteiger partial charge < -0.3 is 10.1 Å². The number of ketones is 1. The monoisotopic (exact) mass is 227 g/mol. The van der Waals surface area contributed by atoms with Crippen molar-refractivity contribution in [2.45, 2.75) is 60.1 Å². The minimum absolute atomic E-state index is 0.0890. The number of hydrogen-bond donors (Lipinski definition) is 1. The van der Waals surface area contributed by atoms with E-state index in [0.717, 1.165) is 0 Å². The summed E-state index contributed by atoms with van der Waals surface area (Å²) in [6.07, 6.45) is 0. The largest absolute Gasteiger partial charge is 0.474 e. The van der Waals surface area contributed by atoms with Crippen LogP contribution in [0.3, 0.4) is 0 Å². The van der Waals surface area contributed by atoms with Crippen LogP contribution in [0.5, 0.6) is 0 Å². The van der Waals surface area contributed by atoms with Gasteiger partial charge >= 0.3 is 0 Å². The minimum Gasteiger partial charge on any atom is -0.474 e. The topological polar surface area (TPSA) is 38.3 Å². The van der Waals surface area contributed by atoms with Crippen LogP contribution in [0.1, 0.15) is 48.5 Å². The van der Waals surface area contributed by atoms with Crippen molar-refractivity contribution in [1.82, 2.24) is 5.32 Å². The molecule has 0 aromatic carbocycles. The molecule has 0 aliphatic heterocycles. The number of rotatable bonds is 4. The van der Waals surface area contributed by atoms with Gasteiger partial charge in [0, 0.05) is 0 Å². The highest BCUT2D eigenvalue weighted by Gasteiger charge is 2.29. The Balaban J connectivity index is 4.56. The Bertz CT molecular complexity index is 269. The first kappa shape index (κ1) is 15.0. The molecule has 0 saturated heterocycles. The van der Waals surface area contributed by atoms with Crippen LogP contribution in [0.4, 0.5) is 0 Å². The molecule has 16 heavy (non-hydrogen) atoms. The molecule has 3 nitrogen and oxygen atoms in total. The summed E-state index contributed by atoms with van der Waals surface area (Å²) in [5, 5.41) is 3.05. The average Bonchev–Trinajstić information content (AvgIpc) is 1.93. The second-order valence-electron chi connectivity index (χ2n) is 6.19. The highest BCUT2D eigenvalue weighted by molar-refractivity contribution is 5.82. The van der Waals surface area contributed by atoms with E-state index in [-0.39, 0.29) is 22.8 Å². The maximum absolute atomic E-state index is 11.5. The molecule has 0 bridgehead atoms. The number of ether oxygens (including phenoxy) is 1. The van der Waals surface area contributed by atoms with E-state index in [4.69, 9.17) is 4.74 Å². The zero-order valence-electron chi connectivity index (χ0n) is 11.6. The fourth-order valence-corrected chi connectivity index (χ4v) is 1.49. The van der Waals surface area contributed by atoms with Crippen LogP contribution < -0.4 is 5.32 Å². The van der Waals surface area contributed by atoms with Gasteiger partial charge in [0.1, 0.15) is 5.60 Å². The Labute approximate surface area is 99.3 Å². The molecule has 1 N–H and O–H groups in total. The zero-order valence-corrected chi connectivity index (χ0v) is 11.6. The molecule has 0 aliphatic carbocycles. The molecule has 0 heterocycles. The molecule has 0 spiro atoms. The highest BCUT2D eigenvalue weighted by Crippen LogP contribution is 2.22. The van der Waals surface area contributed by atoms with Gasteiger partial charge in [-0.1, -0.05) is 20.8 Å². The smallest absolute Gasteiger partial charge is 0.180 e. The van der Waals surface area contributed by atoms with E-state index in [1.807, 2.05) is 41.5 Å². The number of carbonyl (C=O) groups is 1. The zero-order chi connectivity index (χ0) is 13.1. The lowest BCUT2D eigenvalue weighted by Gasteiger charge is -2.32. The maximum atomic E-state index is 11.5.